The first-order chi connectivity index (χ1) is 11.6. The van der Waals surface area contributed by atoms with Gasteiger partial charge in [0.05, 0.1) is 6.20 Å². The lowest BCUT2D eigenvalue weighted by molar-refractivity contribution is 0.165. The lowest BCUT2D eigenvalue weighted by Crippen LogP contribution is -2.48. The van der Waals surface area contributed by atoms with Gasteiger partial charge in [0.15, 0.2) is 0 Å². The van der Waals surface area contributed by atoms with E-state index in [2.05, 4.69) is 31.1 Å². The summed E-state index contributed by atoms with van der Waals surface area (Å²) in [6.45, 7) is 3.59. The summed E-state index contributed by atoms with van der Waals surface area (Å²) in [4.78, 5) is 6.65. The Morgan fingerprint density at radius 3 is 3.00 bits per heavy atom. The molecule has 1 atom stereocenters. The van der Waals surface area contributed by atoms with Gasteiger partial charge in [-0.3, -0.25) is 14.6 Å². The molecule has 0 radical (unpaired) electrons. The lowest BCUT2D eigenvalue weighted by atomic mass is 10.1. The fourth-order valence-electron chi connectivity index (χ4n) is 2.86. The average molecular weight is 350 g/mol. The standard InChI is InChI=1S/C15H22N6O2S/c1-20-12-14(10-18-20)24(22,23)19-6-8-21-7-5-17-11-15(21)13-3-2-4-16-9-13/h2-4,9-10,12,15,17,19H,5-8,11H2,1H3. The average Bonchev–Trinajstić information content (AvgIpc) is 3.03. The second-order valence-corrected chi connectivity index (χ2v) is 7.56. The van der Waals surface area contributed by atoms with Crippen LogP contribution < -0.4 is 10.0 Å². The number of aryl methyl sites for hydroxylation is 1. The monoisotopic (exact) mass is 350 g/mol. The number of nitrogens with one attached hydrogen (secondary N) is 2. The molecule has 0 amide bonds. The van der Waals surface area contributed by atoms with Gasteiger partial charge in [-0.15, -0.1) is 0 Å². The minimum Gasteiger partial charge on any atom is -0.314 e. The maximum absolute atomic E-state index is 12.2. The van der Waals surface area contributed by atoms with Crippen LogP contribution in [0.25, 0.3) is 0 Å². The van der Waals surface area contributed by atoms with E-state index in [1.807, 2.05) is 12.3 Å². The molecular weight excluding hydrogens is 328 g/mol. The van der Waals surface area contributed by atoms with Crippen LogP contribution >= 0.6 is 0 Å². The fourth-order valence-corrected chi connectivity index (χ4v) is 3.86. The summed E-state index contributed by atoms with van der Waals surface area (Å²) >= 11 is 0. The third-order valence-corrected chi connectivity index (χ3v) is 5.52. The molecule has 2 aromatic rings. The van der Waals surface area contributed by atoms with Gasteiger partial charge in [0.1, 0.15) is 4.90 Å². The van der Waals surface area contributed by atoms with Crippen molar-refractivity contribution in [3.63, 3.8) is 0 Å². The molecule has 24 heavy (non-hydrogen) atoms. The Hall–Kier alpha value is -1.81. The van der Waals surface area contributed by atoms with E-state index in [4.69, 9.17) is 0 Å². The largest absolute Gasteiger partial charge is 0.314 e. The van der Waals surface area contributed by atoms with Crippen LogP contribution in [0.4, 0.5) is 0 Å². The summed E-state index contributed by atoms with van der Waals surface area (Å²) < 4.78 is 28.6. The molecular formula is C15H22N6O2S. The molecule has 0 aromatic carbocycles. The predicted octanol–water partition coefficient (Wildman–Crippen LogP) is -0.260. The van der Waals surface area contributed by atoms with Crippen molar-refractivity contribution in [2.45, 2.75) is 10.9 Å². The molecule has 1 aliphatic heterocycles. The SMILES string of the molecule is Cn1cc(S(=O)(=O)NCCN2CCNCC2c2cccnc2)cn1. The molecule has 0 spiro atoms. The van der Waals surface area contributed by atoms with Crippen molar-refractivity contribution >= 4 is 10.0 Å². The third-order valence-electron chi connectivity index (χ3n) is 4.11. The highest BCUT2D eigenvalue weighted by Crippen LogP contribution is 2.20. The Bertz CT molecular complexity index is 761. The first-order valence-electron chi connectivity index (χ1n) is 7.89. The Kier molecular flexibility index (Phi) is 5.24. The minimum atomic E-state index is -3.51. The molecule has 0 saturated carbocycles. The highest BCUT2D eigenvalue weighted by molar-refractivity contribution is 7.89. The van der Waals surface area contributed by atoms with Crippen molar-refractivity contribution in [1.82, 2.24) is 29.7 Å². The zero-order valence-corrected chi connectivity index (χ0v) is 14.4. The van der Waals surface area contributed by atoms with Crippen LogP contribution in [0.3, 0.4) is 0 Å². The van der Waals surface area contributed by atoms with Crippen LogP contribution in [-0.2, 0) is 17.1 Å². The van der Waals surface area contributed by atoms with Crippen LogP contribution in [0, 0.1) is 0 Å². The summed E-state index contributed by atoms with van der Waals surface area (Å²) in [5.41, 5.74) is 1.14. The molecule has 8 nitrogen and oxygen atoms in total. The van der Waals surface area contributed by atoms with Crippen molar-refractivity contribution in [2.75, 3.05) is 32.7 Å². The molecule has 130 valence electrons. The van der Waals surface area contributed by atoms with Gasteiger partial charge in [0, 0.05) is 64.4 Å². The number of rotatable bonds is 6. The third kappa shape index (κ3) is 3.99. The Labute approximate surface area is 141 Å². The topological polar surface area (TPSA) is 92.2 Å². The van der Waals surface area contributed by atoms with Gasteiger partial charge >= 0.3 is 0 Å². The van der Waals surface area contributed by atoms with E-state index < -0.39 is 10.0 Å². The van der Waals surface area contributed by atoms with Crippen LogP contribution in [-0.4, -0.2) is 60.8 Å². The molecule has 1 unspecified atom stereocenters. The highest BCUT2D eigenvalue weighted by Gasteiger charge is 2.24. The normalized spacial score (nSPS) is 19.5. The Morgan fingerprint density at radius 2 is 2.29 bits per heavy atom. The van der Waals surface area contributed by atoms with Gasteiger partial charge in [0.25, 0.3) is 0 Å². The first-order valence-corrected chi connectivity index (χ1v) is 9.37. The molecule has 2 N–H and O–H groups in total. The number of piperazine rings is 1. The molecule has 1 fully saturated rings. The van der Waals surface area contributed by atoms with Gasteiger partial charge < -0.3 is 5.32 Å². The summed E-state index contributed by atoms with van der Waals surface area (Å²) in [5, 5.41) is 7.28. The molecule has 1 aliphatic rings. The Balaban J connectivity index is 1.60. The van der Waals surface area contributed by atoms with Gasteiger partial charge in [0.2, 0.25) is 10.0 Å². The molecule has 2 aromatic heterocycles. The van der Waals surface area contributed by atoms with E-state index >= 15 is 0 Å². The second kappa shape index (κ2) is 7.39. The van der Waals surface area contributed by atoms with E-state index in [9.17, 15) is 8.42 Å². The van der Waals surface area contributed by atoms with Gasteiger partial charge in [-0.2, -0.15) is 5.10 Å². The van der Waals surface area contributed by atoms with E-state index in [0.717, 1.165) is 25.2 Å². The fraction of sp³-hybridized carbons (Fsp3) is 0.467. The molecule has 1 saturated heterocycles. The maximum Gasteiger partial charge on any atom is 0.243 e. The molecule has 3 rings (SSSR count). The zero-order chi connectivity index (χ0) is 17.0. The first kappa shape index (κ1) is 17.0. The lowest BCUT2D eigenvalue weighted by Gasteiger charge is -2.36. The Morgan fingerprint density at radius 1 is 1.42 bits per heavy atom. The number of hydrogen-bond acceptors (Lipinski definition) is 6. The maximum atomic E-state index is 12.2. The summed E-state index contributed by atoms with van der Waals surface area (Å²) in [6, 6.07) is 4.18. The highest BCUT2D eigenvalue weighted by atomic mass is 32.2. The quantitative estimate of drug-likeness (QED) is 0.746. The minimum absolute atomic E-state index is 0.189. The summed E-state index contributed by atoms with van der Waals surface area (Å²) in [5.74, 6) is 0. The van der Waals surface area contributed by atoms with Gasteiger partial charge in [-0.25, -0.2) is 13.1 Å². The number of aromatic nitrogens is 3. The van der Waals surface area contributed by atoms with E-state index in [0.29, 0.717) is 13.1 Å². The van der Waals surface area contributed by atoms with Crippen LogP contribution in [0.5, 0.6) is 0 Å². The van der Waals surface area contributed by atoms with Gasteiger partial charge in [-0.05, 0) is 11.6 Å². The molecule has 3 heterocycles. The van der Waals surface area contributed by atoms with Gasteiger partial charge in [-0.1, -0.05) is 6.07 Å². The molecule has 0 aliphatic carbocycles. The van der Waals surface area contributed by atoms with E-state index in [1.54, 1.807) is 13.2 Å². The number of pyridine rings is 1. The number of nitrogens with zero attached hydrogens (tertiary/aromatic N) is 4. The summed E-state index contributed by atoms with van der Waals surface area (Å²) in [6.07, 6.45) is 6.47. The van der Waals surface area contributed by atoms with Crippen molar-refractivity contribution in [3.8, 4) is 0 Å². The van der Waals surface area contributed by atoms with Crippen molar-refractivity contribution in [2.24, 2.45) is 7.05 Å². The number of hydrogen-bond donors (Lipinski definition) is 2. The number of sulfonamides is 1. The summed E-state index contributed by atoms with van der Waals surface area (Å²) in [7, 11) is -1.82. The van der Waals surface area contributed by atoms with E-state index in [-0.39, 0.29) is 10.9 Å². The second-order valence-electron chi connectivity index (χ2n) is 5.79. The van der Waals surface area contributed by atoms with Crippen molar-refractivity contribution < 1.29 is 8.42 Å². The smallest absolute Gasteiger partial charge is 0.243 e. The predicted molar refractivity (Wildman–Crippen MR) is 89.8 cm³/mol. The zero-order valence-electron chi connectivity index (χ0n) is 13.6. The van der Waals surface area contributed by atoms with Crippen LogP contribution in [0.15, 0.2) is 41.8 Å². The van der Waals surface area contributed by atoms with Crippen molar-refractivity contribution in [3.05, 3.63) is 42.5 Å². The van der Waals surface area contributed by atoms with E-state index in [1.165, 1.54) is 17.1 Å². The molecule has 9 heteroatoms. The van der Waals surface area contributed by atoms with Crippen LogP contribution in [0.1, 0.15) is 11.6 Å². The molecule has 0 bridgehead atoms. The van der Waals surface area contributed by atoms with Crippen LogP contribution in [0.2, 0.25) is 0 Å². The van der Waals surface area contributed by atoms with Crippen molar-refractivity contribution in [1.29, 1.82) is 0 Å².